The van der Waals surface area contributed by atoms with Crippen LogP contribution in [0.1, 0.15) is 19.8 Å². The van der Waals surface area contributed by atoms with Crippen molar-refractivity contribution in [3.63, 3.8) is 0 Å². The van der Waals surface area contributed by atoms with Gasteiger partial charge in [0.05, 0.1) is 13.2 Å². The molecule has 0 spiro atoms. The van der Waals surface area contributed by atoms with Crippen molar-refractivity contribution in [2.75, 3.05) is 62.7 Å². The Labute approximate surface area is 167 Å². The van der Waals surface area contributed by atoms with Crippen LogP contribution in [0.2, 0.25) is 0 Å². The molecular weight excluding hydrogens is 350 g/mol. The fraction of sp³-hybridized carbons (Fsp3) is 0.545. The molecule has 2 saturated heterocycles. The maximum absolute atomic E-state index is 5.43. The van der Waals surface area contributed by atoms with Crippen LogP contribution in [0.3, 0.4) is 0 Å². The van der Waals surface area contributed by atoms with Crippen LogP contribution >= 0.6 is 0 Å². The Morgan fingerprint density at radius 1 is 1.11 bits per heavy atom. The van der Waals surface area contributed by atoms with Gasteiger partial charge in [0, 0.05) is 50.9 Å². The molecule has 0 radical (unpaired) electrons. The molecule has 2 aliphatic heterocycles. The van der Waals surface area contributed by atoms with E-state index in [4.69, 9.17) is 14.7 Å². The van der Waals surface area contributed by atoms with Gasteiger partial charge in [-0.05, 0) is 18.8 Å². The van der Waals surface area contributed by atoms with Crippen LogP contribution in [0.15, 0.2) is 36.4 Å². The van der Waals surface area contributed by atoms with E-state index < -0.39 is 0 Å². The average molecular weight is 382 g/mol. The summed E-state index contributed by atoms with van der Waals surface area (Å²) in [6.07, 6.45) is 2.53. The van der Waals surface area contributed by atoms with Crippen molar-refractivity contribution in [1.82, 2.24) is 14.9 Å². The molecule has 2 aromatic rings. The third kappa shape index (κ3) is 5.00. The number of ether oxygens (including phenoxy) is 1. The molecule has 0 bridgehead atoms. The zero-order valence-electron chi connectivity index (χ0n) is 16.8. The van der Waals surface area contributed by atoms with E-state index in [0.717, 1.165) is 75.5 Å². The highest BCUT2D eigenvalue weighted by Gasteiger charge is 2.19. The number of hydrogen-bond acceptors (Lipinski definition) is 6. The molecule has 6 heteroatoms. The van der Waals surface area contributed by atoms with Crippen LogP contribution in [-0.4, -0.2) is 67.4 Å². The van der Waals surface area contributed by atoms with Crippen molar-refractivity contribution in [1.29, 1.82) is 0 Å². The summed E-state index contributed by atoms with van der Waals surface area (Å²) in [6, 6.07) is 12.4. The smallest absolute Gasteiger partial charge is 0.163 e. The Morgan fingerprint density at radius 3 is 2.71 bits per heavy atom. The molecule has 1 atom stereocenters. The number of nitrogens with zero attached hydrogens (tertiary/aromatic N) is 4. The first-order valence-electron chi connectivity index (χ1n) is 10.5. The molecule has 6 nitrogen and oxygen atoms in total. The normalized spacial score (nSPS) is 20.9. The van der Waals surface area contributed by atoms with Gasteiger partial charge in [0.2, 0.25) is 0 Å². The highest BCUT2D eigenvalue weighted by molar-refractivity contribution is 5.61. The topological polar surface area (TPSA) is 53.5 Å². The van der Waals surface area contributed by atoms with Gasteiger partial charge in [0.15, 0.2) is 5.82 Å². The molecule has 0 amide bonds. The highest BCUT2D eigenvalue weighted by atomic mass is 16.5. The van der Waals surface area contributed by atoms with Gasteiger partial charge in [-0.3, -0.25) is 4.90 Å². The van der Waals surface area contributed by atoms with E-state index >= 15 is 0 Å². The lowest BCUT2D eigenvalue weighted by atomic mass is 10.0. The van der Waals surface area contributed by atoms with E-state index in [2.05, 4.69) is 40.2 Å². The Morgan fingerprint density at radius 2 is 1.93 bits per heavy atom. The largest absolute Gasteiger partial charge is 0.379 e. The minimum atomic E-state index is 0.710. The first kappa shape index (κ1) is 19.2. The van der Waals surface area contributed by atoms with Crippen LogP contribution < -0.4 is 10.2 Å². The molecule has 2 fully saturated rings. The zero-order valence-corrected chi connectivity index (χ0v) is 16.8. The first-order valence-corrected chi connectivity index (χ1v) is 10.5. The molecule has 4 rings (SSSR count). The number of anilines is 2. The second kappa shape index (κ2) is 9.34. The van der Waals surface area contributed by atoms with Crippen molar-refractivity contribution in [2.45, 2.75) is 19.8 Å². The van der Waals surface area contributed by atoms with E-state index in [0.29, 0.717) is 5.92 Å². The quantitative estimate of drug-likeness (QED) is 0.830. The van der Waals surface area contributed by atoms with Crippen molar-refractivity contribution < 1.29 is 4.74 Å². The lowest BCUT2D eigenvalue weighted by Crippen LogP contribution is -2.39. The molecule has 1 aromatic carbocycles. The van der Waals surface area contributed by atoms with Gasteiger partial charge >= 0.3 is 0 Å². The van der Waals surface area contributed by atoms with E-state index in [9.17, 15) is 0 Å². The number of benzene rings is 1. The van der Waals surface area contributed by atoms with Crippen LogP contribution in [0.25, 0.3) is 11.4 Å². The minimum Gasteiger partial charge on any atom is -0.379 e. The van der Waals surface area contributed by atoms with E-state index in [1.807, 2.05) is 18.2 Å². The molecule has 0 aliphatic carbocycles. The second-order valence-corrected chi connectivity index (χ2v) is 7.88. The molecule has 150 valence electrons. The molecule has 1 unspecified atom stereocenters. The number of nitrogens with one attached hydrogen (secondary N) is 1. The van der Waals surface area contributed by atoms with E-state index in [1.165, 1.54) is 12.8 Å². The number of piperidine rings is 1. The highest BCUT2D eigenvalue weighted by Crippen LogP contribution is 2.26. The second-order valence-electron chi connectivity index (χ2n) is 7.88. The van der Waals surface area contributed by atoms with Gasteiger partial charge in [0.25, 0.3) is 0 Å². The standard InChI is InChI=1S/C22H31N5O/c1-18-6-5-10-27(17-18)21-16-20(23-9-11-26-12-14-28-15-13-26)24-22(25-21)19-7-3-2-4-8-19/h2-4,7-8,16,18H,5-6,9-15,17H2,1H3,(H,23,24,25). The molecule has 3 heterocycles. The van der Waals surface area contributed by atoms with Gasteiger partial charge in [0.1, 0.15) is 11.6 Å². The lowest BCUT2D eigenvalue weighted by molar-refractivity contribution is 0.0398. The fourth-order valence-corrected chi connectivity index (χ4v) is 3.97. The molecule has 28 heavy (non-hydrogen) atoms. The van der Waals surface area contributed by atoms with Crippen molar-refractivity contribution in [3.8, 4) is 11.4 Å². The van der Waals surface area contributed by atoms with Gasteiger partial charge < -0.3 is 15.0 Å². The maximum atomic E-state index is 5.43. The zero-order chi connectivity index (χ0) is 19.2. The monoisotopic (exact) mass is 381 g/mol. The summed E-state index contributed by atoms with van der Waals surface area (Å²) in [5, 5.41) is 3.53. The summed E-state index contributed by atoms with van der Waals surface area (Å²) in [4.78, 5) is 14.6. The Kier molecular flexibility index (Phi) is 6.39. The number of hydrogen-bond donors (Lipinski definition) is 1. The van der Waals surface area contributed by atoms with E-state index in [1.54, 1.807) is 0 Å². The van der Waals surface area contributed by atoms with Gasteiger partial charge in [-0.25, -0.2) is 9.97 Å². The summed E-state index contributed by atoms with van der Waals surface area (Å²) in [5.74, 6) is 3.46. The van der Waals surface area contributed by atoms with E-state index in [-0.39, 0.29) is 0 Å². The molecule has 1 aromatic heterocycles. The summed E-state index contributed by atoms with van der Waals surface area (Å²) >= 11 is 0. The Hall–Kier alpha value is -2.18. The van der Waals surface area contributed by atoms with Gasteiger partial charge in [-0.2, -0.15) is 0 Å². The van der Waals surface area contributed by atoms with Crippen molar-refractivity contribution in [2.24, 2.45) is 5.92 Å². The fourth-order valence-electron chi connectivity index (χ4n) is 3.97. The predicted octanol–water partition coefficient (Wildman–Crippen LogP) is 3.12. The predicted molar refractivity (Wildman–Crippen MR) is 114 cm³/mol. The summed E-state index contributed by atoms with van der Waals surface area (Å²) < 4.78 is 5.43. The Bertz CT molecular complexity index is 748. The average Bonchev–Trinajstić information content (AvgIpc) is 2.75. The third-order valence-electron chi connectivity index (χ3n) is 5.56. The number of aromatic nitrogens is 2. The first-order chi connectivity index (χ1) is 13.8. The SMILES string of the molecule is CC1CCCN(c2cc(NCCN3CCOCC3)nc(-c3ccccc3)n2)C1. The maximum Gasteiger partial charge on any atom is 0.163 e. The third-order valence-corrected chi connectivity index (χ3v) is 5.56. The van der Waals surface area contributed by atoms with Crippen molar-refractivity contribution >= 4 is 11.6 Å². The lowest BCUT2D eigenvalue weighted by Gasteiger charge is -2.32. The van der Waals surface area contributed by atoms with Crippen LogP contribution in [0, 0.1) is 5.92 Å². The van der Waals surface area contributed by atoms with Crippen LogP contribution in [0.4, 0.5) is 11.6 Å². The molecule has 1 N–H and O–H groups in total. The van der Waals surface area contributed by atoms with Gasteiger partial charge in [-0.15, -0.1) is 0 Å². The minimum absolute atomic E-state index is 0.710. The van der Waals surface area contributed by atoms with Crippen molar-refractivity contribution in [3.05, 3.63) is 36.4 Å². The van der Waals surface area contributed by atoms with Crippen LogP contribution in [0.5, 0.6) is 0 Å². The molecular formula is C22H31N5O. The molecule has 2 aliphatic rings. The summed E-state index contributed by atoms with van der Waals surface area (Å²) in [7, 11) is 0. The van der Waals surface area contributed by atoms with Gasteiger partial charge in [-0.1, -0.05) is 37.3 Å². The molecule has 0 saturated carbocycles. The summed E-state index contributed by atoms with van der Waals surface area (Å²) in [6.45, 7) is 10.0. The summed E-state index contributed by atoms with van der Waals surface area (Å²) in [5.41, 5.74) is 1.06. The van der Waals surface area contributed by atoms with Crippen LogP contribution in [-0.2, 0) is 4.74 Å². The number of morpholine rings is 1. The Balaban J connectivity index is 1.51. The number of rotatable bonds is 6.